The van der Waals surface area contributed by atoms with Crippen LogP contribution >= 0.6 is 15.9 Å². The Morgan fingerprint density at radius 3 is 2.05 bits per heavy atom. The molecule has 0 spiro atoms. The van der Waals surface area contributed by atoms with E-state index in [0.29, 0.717) is 11.3 Å². The van der Waals surface area contributed by atoms with Crippen molar-refractivity contribution < 1.29 is 17.9 Å². The Morgan fingerprint density at radius 1 is 0.947 bits per heavy atom. The topological polar surface area (TPSA) is 9.23 Å². The second-order valence-electron chi connectivity index (χ2n) is 3.92. The number of hydrogen-bond acceptors (Lipinski definition) is 1. The van der Waals surface area contributed by atoms with Gasteiger partial charge in [0.25, 0.3) is 0 Å². The molecule has 0 aliphatic carbocycles. The fourth-order valence-electron chi connectivity index (χ4n) is 1.69. The molecule has 2 aromatic carbocycles. The van der Waals surface area contributed by atoms with E-state index in [4.69, 9.17) is 4.74 Å². The van der Waals surface area contributed by atoms with Crippen molar-refractivity contribution in [2.24, 2.45) is 0 Å². The van der Waals surface area contributed by atoms with E-state index in [9.17, 15) is 13.2 Å². The Kier molecular flexibility index (Phi) is 3.85. The van der Waals surface area contributed by atoms with Gasteiger partial charge in [-0.05, 0) is 51.3 Å². The summed E-state index contributed by atoms with van der Waals surface area (Å²) in [6, 6.07) is 10.4. The van der Waals surface area contributed by atoms with Gasteiger partial charge in [0.05, 0.1) is 17.1 Å². The summed E-state index contributed by atoms with van der Waals surface area (Å²) in [4.78, 5) is 0. The lowest BCUT2D eigenvalue weighted by molar-refractivity contribution is -0.137. The van der Waals surface area contributed by atoms with E-state index < -0.39 is 11.7 Å². The highest BCUT2D eigenvalue weighted by Gasteiger charge is 2.29. The van der Waals surface area contributed by atoms with Gasteiger partial charge in [-0.1, -0.05) is 18.2 Å². The van der Waals surface area contributed by atoms with Crippen LogP contribution in [0.3, 0.4) is 0 Å². The molecule has 0 saturated carbocycles. The maximum absolute atomic E-state index is 12.5. The number of benzene rings is 2. The molecule has 0 fully saturated rings. The van der Waals surface area contributed by atoms with Crippen molar-refractivity contribution >= 4 is 15.9 Å². The van der Waals surface area contributed by atoms with Gasteiger partial charge in [0.1, 0.15) is 5.75 Å². The SMILES string of the molecule is COc1cc(-c2ccc(C(F)(F)F)cc2)ccc1Br. The van der Waals surface area contributed by atoms with Gasteiger partial charge < -0.3 is 4.74 Å². The van der Waals surface area contributed by atoms with Crippen LogP contribution in [0.4, 0.5) is 13.2 Å². The fourth-order valence-corrected chi connectivity index (χ4v) is 2.10. The summed E-state index contributed by atoms with van der Waals surface area (Å²) in [7, 11) is 1.54. The molecular weight excluding hydrogens is 321 g/mol. The van der Waals surface area contributed by atoms with Gasteiger partial charge in [-0.25, -0.2) is 0 Å². The molecule has 2 rings (SSSR count). The average Bonchev–Trinajstić information content (AvgIpc) is 2.38. The Bertz CT molecular complexity index is 576. The molecule has 0 aliphatic heterocycles. The van der Waals surface area contributed by atoms with E-state index in [1.807, 2.05) is 6.07 Å². The number of alkyl halides is 3. The van der Waals surface area contributed by atoms with Crippen LogP contribution in [0.1, 0.15) is 5.56 Å². The molecule has 0 atom stereocenters. The normalized spacial score (nSPS) is 11.4. The maximum Gasteiger partial charge on any atom is 0.416 e. The lowest BCUT2D eigenvalue weighted by atomic mass is 10.0. The molecule has 0 N–H and O–H groups in total. The fraction of sp³-hybridized carbons (Fsp3) is 0.143. The van der Waals surface area contributed by atoms with Crippen molar-refractivity contribution in [1.82, 2.24) is 0 Å². The highest BCUT2D eigenvalue weighted by atomic mass is 79.9. The Hall–Kier alpha value is -1.49. The molecule has 5 heteroatoms. The average molecular weight is 331 g/mol. The van der Waals surface area contributed by atoms with Crippen molar-refractivity contribution in [2.45, 2.75) is 6.18 Å². The zero-order valence-corrected chi connectivity index (χ0v) is 11.5. The molecule has 0 unspecified atom stereocenters. The molecule has 0 heterocycles. The Balaban J connectivity index is 2.37. The minimum absolute atomic E-state index is 0.636. The largest absolute Gasteiger partial charge is 0.496 e. The van der Waals surface area contributed by atoms with E-state index in [-0.39, 0.29) is 0 Å². The van der Waals surface area contributed by atoms with Crippen LogP contribution in [0, 0.1) is 0 Å². The molecule has 1 nitrogen and oxygen atoms in total. The monoisotopic (exact) mass is 330 g/mol. The molecule has 0 saturated heterocycles. The van der Waals surface area contributed by atoms with Crippen LogP contribution < -0.4 is 4.74 Å². The van der Waals surface area contributed by atoms with Gasteiger partial charge in [0.2, 0.25) is 0 Å². The smallest absolute Gasteiger partial charge is 0.416 e. The summed E-state index contributed by atoms with van der Waals surface area (Å²) in [5.41, 5.74) is 0.855. The summed E-state index contributed by atoms with van der Waals surface area (Å²) in [6.45, 7) is 0. The van der Waals surface area contributed by atoms with Crippen molar-refractivity contribution in [3.05, 3.63) is 52.5 Å². The van der Waals surface area contributed by atoms with Crippen LogP contribution in [0.5, 0.6) is 5.75 Å². The van der Waals surface area contributed by atoms with Crippen LogP contribution in [0.25, 0.3) is 11.1 Å². The molecule has 100 valence electrons. The van der Waals surface area contributed by atoms with Gasteiger partial charge in [-0.3, -0.25) is 0 Å². The maximum atomic E-state index is 12.5. The van der Waals surface area contributed by atoms with E-state index in [1.165, 1.54) is 19.2 Å². The van der Waals surface area contributed by atoms with Crippen LogP contribution in [0.15, 0.2) is 46.9 Å². The third-order valence-electron chi connectivity index (χ3n) is 2.70. The van der Waals surface area contributed by atoms with Crippen LogP contribution in [-0.2, 0) is 6.18 Å². The number of rotatable bonds is 2. The first-order valence-corrected chi connectivity index (χ1v) is 6.22. The number of methoxy groups -OCH3 is 1. The molecule has 0 amide bonds. The van der Waals surface area contributed by atoms with E-state index in [2.05, 4.69) is 15.9 Å². The number of halogens is 4. The lowest BCUT2D eigenvalue weighted by Crippen LogP contribution is -2.03. The third-order valence-corrected chi connectivity index (χ3v) is 3.35. The van der Waals surface area contributed by atoms with Gasteiger partial charge in [-0.2, -0.15) is 13.2 Å². The molecule has 19 heavy (non-hydrogen) atoms. The second-order valence-corrected chi connectivity index (χ2v) is 4.78. The van der Waals surface area contributed by atoms with Gasteiger partial charge in [0.15, 0.2) is 0 Å². The van der Waals surface area contributed by atoms with Gasteiger partial charge in [-0.15, -0.1) is 0 Å². The molecule has 0 bridgehead atoms. The molecular formula is C14H10BrF3O. The van der Waals surface area contributed by atoms with E-state index in [0.717, 1.165) is 22.2 Å². The van der Waals surface area contributed by atoms with E-state index in [1.54, 1.807) is 12.1 Å². The summed E-state index contributed by atoms with van der Waals surface area (Å²) in [5.74, 6) is 0.636. The minimum atomic E-state index is -4.31. The lowest BCUT2D eigenvalue weighted by Gasteiger charge is -2.09. The zero-order chi connectivity index (χ0) is 14.0. The predicted octanol–water partition coefficient (Wildman–Crippen LogP) is 5.14. The Labute approximate surface area is 117 Å². The first-order chi connectivity index (χ1) is 8.91. The van der Waals surface area contributed by atoms with Gasteiger partial charge >= 0.3 is 6.18 Å². The molecule has 0 radical (unpaired) electrons. The van der Waals surface area contributed by atoms with Crippen molar-refractivity contribution in [3.63, 3.8) is 0 Å². The van der Waals surface area contributed by atoms with Crippen LogP contribution in [-0.4, -0.2) is 7.11 Å². The molecule has 0 aliphatic rings. The zero-order valence-electron chi connectivity index (χ0n) is 9.96. The summed E-state index contributed by atoms with van der Waals surface area (Å²) in [6.07, 6.45) is -4.31. The molecule has 0 aromatic heterocycles. The second kappa shape index (κ2) is 5.25. The summed E-state index contributed by atoms with van der Waals surface area (Å²) < 4.78 is 43.4. The van der Waals surface area contributed by atoms with Crippen molar-refractivity contribution in [3.8, 4) is 16.9 Å². The van der Waals surface area contributed by atoms with Crippen molar-refractivity contribution in [1.29, 1.82) is 0 Å². The summed E-state index contributed by atoms with van der Waals surface area (Å²) in [5, 5.41) is 0. The summed E-state index contributed by atoms with van der Waals surface area (Å²) >= 11 is 3.33. The first kappa shape index (κ1) is 13.9. The van der Waals surface area contributed by atoms with Crippen LogP contribution in [0.2, 0.25) is 0 Å². The minimum Gasteiger partial charge on any atom is -0.496 e. The quantitative estimate of drug-likeness (QED) is 0.740. The highest BCUT2D eigenvalue weighted by Crippen LogP contribution is 2.33. The van der Waals surface area contributed by atoms with E-state index >= 15 is 0 Å². The number of hydrogen-bond donors (Lipinski definition) is 0. The first-order valence-electron chi connectivity index (χ1n) is 5.43. The highest BCUT2D eigenvalue weighted by molar-refractivity contribution is 9.10. The Morgan fingerprint density at radius 2 is 1.53 bits per heavy atom. The predicted molar refractivity (Wildman–Crippen MR) is 71.1 cm³/mol. The standard InChI is InChI=1S/C14H10BrF3O/c1-19-13-8-10(4-7-12(13)15)9-2-5-11(6-3-9)14(16,17)18/h2-8H,1H3. The third kappa shape index (κ3) is 3.10. The van der Waals surface area contributed by atoms with Gasteiger partial charge in [0, 0.05) is 0 Å². The van der Waals surface area contributed by atoms with Crippen molar-refractivity contribution in [2.75, 3.05) is 7.11 Å². The molecule has 2 aromatic rings. The number of ether oxygens (including phenoxy) is 1.